The van der Waals surface area contributed by atoms with Gasteiger partial charge in [-0.1, -0.05) is 18.2 Å². The van der Waals surface area contributed by atoms with Gasteiger partial charge >= 0.3 is 0 Å². The highest BCUT2D eigenvalue weighted by atomic mass is 16.2. The normalized spacial score (nSPS) is 18.6. The predicted molar refractivity (Wildman–Crippen MR) is 108 cm³/mol. The molecule has 5 rings (SSSR count). The Morgan fingerprint density at radius 1 is 1.11 bits per heavy atom. The molecule has 0 radical (unpaired) electrons. The second-order valence-electron chi connectivity index (χ2n) is 8.14. The highest BCUT2D eigenvalue weighted by Crippen LogP contribution is 2.40. The first kappa shape index (κ1) is 17.0. The lowest BCUT2D eigenvalue weighted by Gasteiger charge is -2.55. The maximum Gasteiger partial charge on any atom is 0.252 e. The Labute approximate surface area is 162 Å². The molecular weight excluding hydrogens is 354 g/mol. The maximum atomic E-state index is 12.1. The van der Waals surface area contributed by atoms with E-state index in [0.29, 0.717) is 5.56 Å². The number of pyridine rings is 1. The molecule has 7 heteroatoms. The SMILES string of the molecule is CC(=O)N1CC2(CCCN(n3c4ccccc4c4cncc(C(N)=O)c43)C2)C1. The zero-order valence-electron chi connectivity index (χ0n) is 15.9. The number of carbonyl (C=O) groups is 2. The Hall–Kier alpha value is -3.09. The summed E-state index contributed by atoms with van der Waals surface area (Å²) in [5, 5.41) is 4.31. The minimum atomic E-state index is -0.472. The van der Waals surface area contributed by atoms with Crippen LogP contribution in [0.15, 0.2) is 36.7 Å². The molecular formula is C21H23N5O2. The van der Waals surface area contributed by atoms with Crippen molar-refractivity contribution in [1.29, 1.82) is 0 Å². The van der Waals surface area contributed by atoms with Crippen molar-refractivity contribution >= 4 is 33.6 Å². The van der Waals surface area contributed by atoms with Gasteiger partial charge in [0.1, 0.15) is 0 Å². The average molecular weight is 377 g/mol. The number of benzene rings is 1. The van der Waals surface area contributed by atoms with Crippen LogP contribution in [0, 0.1) is 5.41 Å². The minimum absolute atomic E-state index is 0.127. The van der Waals surface area contributed by atoms with E-state index in [1.165, 1.54) is 0 Å². The topological polar surface area (TPSA) is 84.5 Å². The Bertz CT molecular complexity index is 1110. The minimum Gasteiger partial charge on any atom is -0.365 e. The third-order valence-electron chi connectivity index (χ3n) is 6.24. The van der Waals surface area contributed by atoms with Crippen molar-refractivity contribution in [2.75, 3.05) is 31.2 Å². The van der Waals surface area contributed by atoms with Crippen LogP contribution in [0.2, 0.25) is 0 Å². The fourth-order valence-corrected chi connectivity index (χ4v) is 4.96. The van der Waals surface area contributed by atoms with Gasteiger partial charge in [0.05, 0.1) is 16.6 Å². The first-order valence-electron chi connectivity index (χ1n) is 9.67. The second-order valence-corrected chi connectivity index (χ2v) is 8.14. The van der Waals surface area contributed by atoms with Crippen molar-refractivity contribution in [2.45, 2.75) is 19.8 Å². The van der Waals surface area contributed by atoms with E-state index >= 15 is 0 Å². The van der Waals surface area contributed by atoms with Crippen molar-refractivity contribution in [3.8, 4) is 0 Å². The molecule has 0 saturated carbocycles. The molecule has 7 nitrogen and oxygen atoms in total. The number of primary amides is 1. The fraction of sp³-hybridized carbons (Fsp3) is 0.381. The van der Waals surface area contributed by atoms with Crippen LogP contribution in [0.5, 0.6) is 0 Å². The number of piperidine rings is 1. The number of fused-ring (bicyclic) bond motifs is 3. The summed E-state index contributed by atoms with van der Waals surface area (Å²) in [6.07, 6.45) is 5.53. The van der Waals surface area contributed by atoms with Gasteiger partial charge in [-0.15, -0.1) is 0 Å². The molecule has 2 fully saturated rings. The molecule has 28 heavy (non-hydrogen) atoms. The number of hydrogen-bond acceptors (Lipinski definition) is 4. The van der Waals surface area contributed by atoms with E-state index in [4.69, 9.17) is 5.73 Å². The molecule has 0 aliphatic carbocycles. The van der Waals surface area contributed by atoms with Crippen LogP contribution in [0.3, 0.4) is 0 Å². The molecule has 1 spiro atoms. The molecule has 1 aromatic carbocycles. The van der Waals surface area contributed by atoms with Gasteiger partial charge in [0.15, 0.2) is 0 Å². The maximum absolute atomic E-state index is 12.1. The Balaban J connectivity index is 1.65. The highest BCUT2D eigenvalue weighted by Gasteiger charge is 2.47. The molecule has 2 amide bonds. The van der Waals surface area contributed by atoms with Gasteiger partial charge < -0.3 is 15.6 Å². The summed E-state index contributed by atoms with van der Waals surface area (Å²) >= 11 is 0. The first-order chi connectivity index (χ1) is 13.5. The zero-order chi connectivity index (χ0) is 19.5. The van der Waals surface area contributed by atoms with Gasteiger partial charge in [-0.05, 0) is 18.9 Å². The van der Waals surface area contributed by atoms with E-state index < -0.39 is 5.91 Å². The largest absolute Gasteiger partial charge is 0.365 e. The summed E-state index contributed by atoms with van der Waals surface area (Å²) in [5.74, 6) is -0.332. The molecule has 0 atom stereocenters. The van der Waals surface area contributed by atoms with E-state index in [-0.39, 0.29) is 11.3 Å². The van der Waals surface area contributed by atoms with E-state index in [0.717, 1.165) is 60.8 Å². The summed E-state index contributed by atoms with van der Waals surface area (Å²) < 4.78 is 2.16. The molecule has 0 bridgehead atoms. The van der Waals surface area contributed by atoms with E-state index in [2.05, 4.69) is 26.8 Å². The zero-order valence-corrected chi connectivity index (χ0v) is 15.9. The number of para-hydroxylation sites is 1. The van der Waals surface area contributed by atoms with Crippen molar-refractivity contribution < 1.29 is 9.59 Å². The molecule has 4 heterocycles. The summed E-state index contributed by atoms with van der Waals surface area (Å²) in [5.41, 5.74) is 8.12. The number of aromatic nitrogens is 2. The lowest BCUT2D eigenvalue weighted by molar-refractivity contribution is -0.141. The number of likely N-dealkylation sites (tertiary alicyclic amines) is 1. The van der Waals surface area contributed by atoms with Crippen LogP contribution in [0.25, 0.3) is 21.8 Å². The fourth-order valence-electron chi connectivity index (χ4n) is 4.96. The van der Waals surface area contributed by atoms with Crippen LogP contribution in [0.4, 0.5) is 0 Å². The first-order valence-corrected chi connectivity index (χ1v) is 9.67. The molecule has 3 aromatic rings. The number of rotatable bonds is 2. The lowest BCUT2D eigenvalue weighted by Crippen LogP contribution is -2.65. The number of amides is 2. The molecule has 2 saturated heterocycles. The van der Waals surface area contributed by atoms with Gasteiger partial charge in [0, 0.05) is 61.7 Å². The third-order valence-corrected chi connectivity index (χ3v) is 6.24. The third kappa shape index (κ3) is 2.38. The number of hydrogen-bond donors (Lipinski definition) is 1. The molecule has 2 N–H and O–H groups in total. The number of nitrogens with zero attached hydrogens (tertiary/aromatic N) is 4. The van der Waals surface area contributed by atoms with Crippen LogP contribution in [-0.4, -0.2) is 52.6 Å². The standard InChI is InChI=1S/C21H23N5O2/c1-14(27)24-11-21(12-24)7-4-8-25(13-21)26-18-6-3-2-5-15(18)16-9-23-10-17(19(16)26)20(22)28/h2-3,5-6,9-10H,4,7-8,11-13H2,1H3,(H2,22,28). The second kappa shape index (κ2) is 5.95. The molecule has 2 aliphatic heterocycles. The molecule has 2 aromatic heterocycles. The van der Waals surface area contributed by atoms with E-state index in [1.807, 2.05) is 17.0 Å². The molecule has 144 valence electrons. The monoisotopic (exact) mass is 377 g/mol. The highest BCUT2D eigenvalue weighted by molar-refractivity contribution is 6.15. The summed E-state index contributed by atoms with van der Waals surface area (Å²) in [6, 6.07) is 8.14. The Morgan fingerprint density at radius 2 is 1.89 bits per heavy atom. The van der Waals surface area contributed by atoms with Gasteiger partial charge in [-0.3, -0.25) is 19.2 Å². The van der Waals surface area contributed by atoms with Gasteiger partial charge in [-0.2, -0.15) is 0 Å². The number of carbonyl (C=O) groups excluding carboxylic acids is 2. The summed E-state index contributed by atoms with van der Waals surface area (Å²) in [7, 11) is 0. The van der Waals surface area contributed by atoms with Crippen LogP contribution >= 0.6 is 0 Å². The van der Waals surface area contributed by atoms with Gasteiger partial charge in [0.2, 0.25) is 5.91 Å². The summed E-state index contributed by atoms with van der Waals surface area (Å²) in [6.45, 7) is 4.99. The summed E-state index contributed by atoms with van der Waals surface area (Å²) in [4.78, 5) is 30.0. The van der Waals surface area contributed by atoms with Crippen molar-refractivity contribution in [2.24, 2.45) is 11.1 Å². The average Bonchev–Trinajstić information content (AvgIpc) is 3.00. The quantitative estimate of drug-likeness (QED) is 0.739. The lowest BCUT2D eigenvalue weighted by atomic mass is 9.73. The van der Waals surface area contributed by atoms with E-state index in [1.54, 1.807) is 19.3 Å². The van der Waals surface area contributed by atoms with Crippen molar-refractivity contribution in [3.05, 3.63) is 42.2 Å². The van der Waals surface area contributed by atoms with E-state index in [9.17, 15) is 9.59 Å². The number of nitrogens with two attached hydrogens (primary N) is 1. The molecule has 2 aliphatic rings. The van der Waals surface area contributed by atoms with Crippen LogP contribution in [-0.2, 0) is 4.79 Å². The van der Waals surface area contributed by atoms with Crippen LogP contribution in [0.1, 0.15) is 30.1 Å². The Morgan fingerprint density at radius 3 is 2.64 bits per heavy atom. The van der Waals surface area contributed by atoms with Crippen molar-refractivity contribution in [3.63, 3.8) is 0 Å². The van der Waals surface area contributed by atoms with Gasteiger partial charge in [0.25, 0.3) is 5.91 Å². The molecule has 0 unspecified atom stereocenters. The predicted octanol–water partition coefficient (Wildman–Crippen LogP) is 1.87. The van der Waals surface area contributed by atoms with Crippen LogP contribution < -0.4 is 10.7 Å². The Kier molecular flexibility index (Phi) is 3.62. The smallest absolute Gasteiger partial charge is 0.252 e. The van der Waals surface area contributed by atoms with Gasteiger partial charge in [-0.25, -0.2) is 0 Å². The van der Waals surface area contributed by atoms with Crippen molar-refractivity contribution in [1.82, 2.24) is 14.6 Å².